The monoisotopic (exact) mass is 316 g/mol. The zero-order valence-electron chi connectivity index (χ0n) is 13.3. The first-order chi connectivity index (χ1) is 11.1. The van der Waals surface area contributed by atoms with Crippen LogP contribution in [0.2, 0.25) is 0 Å². The third-order valence-corrected chi connectivity index (χ3v) is 4.77. The van der Waals surface area contributed by atoms with E-state index < -0.39 is 5.82 Å². The van der Waals surface area contributed by atoms with E-state index in [4.69, 9.17) is 0 Å². The molecule has 5 nitrogen and oxygen atoms in total. The van der Waals surface area contributed by atoms with Gasteiger partial charge in [-0.25, -0.2) is 4.39 Å². The Morgan fingerprint density at radius 2 is 2.00 bits per heavy atom. The summed E-state index contributed by atoms with van der Waals surface area (Å²) >= 11 is 0. The number of nitriles is 1. The molecule has 2 aliphatic rings. The maximum absolute atomic E-state index is 13.9. The van der Waals surface area contributed by atoms with Crippen LogP contribution in [0, 0.1) is 17.1 Å². The van der Waals surface area contributed by atoms with Crippen molar-refractivity contribution in [2.45, 2.75) is 18.9 Å². The van der Waals surface area contributed by atoms with Crippen LogP contribution in [0.1, 0.15) is 18.4 Å². The van der Waals surface area contributed by atoms with E-state index in [0.717, 1.165) is 39.0 Å². The Labute approximate surface area is 135 Å². The van der Waals surface area contributed by atoms with Crippen LogP contribution >= 0.6 is 0 Å². The second-order valence-electron chi connectivity index (χ2n) is 6.23. The van der Waals surface area contributed by atoms with Gasteiger partial charge in [-0.1, -0.05) is 6.07 Å². The predicted molar refractivity (Wildman–Crippen MR) is 85.6 cm³/mol. The smallest absolute Gasteiger partial charge is 0.245 e. The fourth-order valence-electron chi connectivity index (χ4n) is 3.41. The van der Waals surface area contributed by atoms with Gasteiger partial charge in [-0.3, -0.25) is 4.79 Å². The summed E-state index contributed by atoms with van der Waals surface area (Å²) in [5, 5.41) is 9.24. The van der Waals surface area contributed by atoms with Gasteiger partial charge in [0.1, 0.15) is 23.5 Å². The summed E-state index contributed by atoms with van der Waals surface area (Å²) in [5.41, 5.74) is 0.572. The molecule has 122 valence electrons. The van der Waals surface area contributed by atoms with Crippen LogP contribution in [-0.4, -0.2) is 61.5 Å². The molecule has 0 N–H and O–H groups in total. The minimum absolute atomic E-state index is 0.0329. The lowest BCUT2D eigenvalue weighted by Gasteiger charge is -2.36. The average molecular weight is 316 g/mol. The summed E-state index contributed by atoms with van der Waals surface area (Å²) in [4.78, 5) is 18.9. The summed E-state index contributed by atoms with van der Waals surface area (Å²) < 4.78 is 13.9. The molecule has 6 heteroatoms. The molecule has 1 unspecified atom stereocenters. The molecule has 0 aromatic heterocycles. The van der Waals surface area contributed by atoms with Crippen molar-refractivity contribution in [3.8, 4) is 6.07 Å². The summed E-state index contributed by atoms with van der Waals surface area (Å²) in [5.74, 6) is -0.425. The topological polar surface area (TPSA) is 50.6 Å². The Balaban J connectivity index is 1.82. The number of benzene rings is 1. The van der Waals surface area contributed by atoms with Crippen LogP contribution in [0.5, 0.6) is 0 Å². The van der Waals surface area contributed by atoms with Crippen LogP contribution in [0.15, 0.2) is 18.2 Å². The number of hydrogen-bond donors (Lipinski definition) is 0. The Morgan fingerprint density at radius 1 is 1.26 bits per heavy atom. The standard InChI is InChI=1S/C17H21FN4O/c1-20-8-10-21(11-9-20)17(23)16-6-3-7-22(16)15-5-2-4-14(18)13(15)12-19/h2,4-5,16H,3,6-11H2,1H3. The SMILES string of the molecule is CN1CCN(C(=O)C2CCCN2c2cccc(F)c2C#N)CC1. The molecule has 1 aromatic carbocycles. The van der Waals surface area contributed by atoms with Gasteiger partial charge in [0, 0.05) is 32.7 Å². The maximum Gasteiger partial charge on any atom is 0.245 e. The van der Waals surface area contributed by atoms with Crippen LogP contribution in [0.3, 0.4) is 0 Å². The number of anilines is 1. The van der Waals surface area contributed by atoms with Gasteiger partial charge in [0.15, 0.2) is 0 Å². The van der Waals surface area contributed by atoms with E-state index in [-0.39, 0.29) is 17.5 Å². The molecule has 1 atom stereocenters. The molecule has 0 aliphatic carbocycles. The van der Waals surface area contributed by atoms with E-state index in [0.29, 0.717) is 12.2 Å². The number of nitrogens with zero attached hydrogens (tertiary/aromatic N) is 4. The third-order valence-electron chi connectivity index (χ3n) is 4.77. The lowest BCUT2D eigenvalue weighted by atomic mass is 10.1. The highest BCUT2D eigenvalue weighted by molar-refractivity contribution is 5.86. The normalized spacial score (nSPS) is 22.2. The number of carbonyl (C=O) groups is 1. The van der Waals surface area contributed by atoms with E-state index in [2.05, 4.69) is 11.9 Å². The van der Waals surface area contributed by atoms with Crippen molar-refractivity contribution >= 4 is 11.6 Å². The summed E-state index contributed by atoms with van der Waals surface area (Å²) in [7, 11) is 2.05. The third kappa shape index (κ3) is 3.02. The van der Waals surface area contributed by atoms with E-state index in [1.807, 2.05) is 15.9 Å². The van der Waals surface area contributed by atoms with Crippen molar-refractivity contribution in [2.75, 3.05) is 44.7 Å². The molecular formula is C17H21FN4O. The van der Waals surface area contributed by atoms with Crippen molar-refractivity contribution in [3.05, 3.63) is 29.6 Å². The van der Waals surface area contributed by atoms with Gasteiger partial charge in [-0.05, 0) is 32.0 Å². The van der Waals surface area contributed by atoms with E-state index in [1.54, 1.807) is 12.1 Å². The number of amides is 1. The van der Waals surface area contributed by atoms with E-state index in [9.17, 15) is 14.4 Å². The number of halogens is 1. The second kappa shape index (κ2) is 6.55. The van der Waals surface area contributed by atoms with E-state index in [1.165, 1.54) is 6.07 Å². The summed E-state index contributed by atoms with van der Waals surface area (Å²) in [6, 6.07) is 6.27. The molecule has 0 bridgehead atoms. The molecule has 23 heavy (non-hydrogen) atoms. The lowest BCUT2D eigenvalue weighted by molar-refractivity contribution is -0.134. The van der Waals surface area contributed by atoms with Crippen LogP contribution in [0.4, 0.5) is 10.1 Å². The lowest BCUT2D eigenvalue weighted by Crippen LogP contribution is -2.53. The quantitative estimate of drug-likeness (QED) is 0.828. The minimum atomic E-state index is -0.525. The van der Waals surface area contributed by atoms with Gasteiger partial charge >= 0.3 is 0 Å². The average Bonchev–Trinajstić information content (AvgIpc) is 3.04. The number of carbonyl (C=O) groups excluding carboxylic acids is 1. The molecule has 1 aromatic rings. The summed E-state index contributed by atoms with van der Waals surface area (Å²) in [6.07, 6.45) is 1.64. The fourth-order valence-corrected chi connectivity index (χ4v) is 3.41. The molecule has 3 rings (SSSR count). The first kappa shape index (κ1) is 15.8. The fraction of sp³-hybridized carbons (Fsp3) is 0.529. The Kier molecular flexibility index (Phi) is 4.49. The van der Waals surface area contributed by atoms with Crippen molar-refractivity contribution in [3.63, 3.8) is 0 Å². The summed E-state index contributed by atoms with van der Waals surface area (Å²) in [6.45, 7) is 3.90. The minimum Gasteiger partial charge on any atom is -0.358 e. The molecule has 0 spiro atoms. The molecule has 2 heterocycles. The molecule has 2 aliphatic heterocycles. The Bertz CT molecular complexity index is 634. The second-order valence-corrected chi connectivity index (χ2v) is 6.23. The molecule has 0 saturated carbocycles. The van der Waals surface area contributed by atoms with Crippen molar-refractivity contribution in [1.29, 1.82) is 5.26 Å². The van der Waals surface area contributed by atoms with Gasteiger partial charge < -0.3 is 14.7 Å². The first-order valence-corrected chi connectivity index (χ1v) is 8.04. The highest BCUT2D eigenvalue weighted by atomic mass is 19.1. The number of piperazine rings is 1. The predicted octanol–water partition coefficient (Wildman–Crippen LogP) is 1.44. The highest BCUT2D eigenvalue weighted by Crippen LogP contribution is 2.30. The molecule has 0 radical (unpaired) electrons. The number of likely N-dealkylation sites (N-methyl/N-ethyl adjacent to an activating group) is 1. The molecule has 1 amide bonds. The zero-order chi connectivity index (χ0) is 16.4. The van der Waals surface area contributed by atoms with Crippen molar-refractivity contribution in [1.82, 2.24) is 9.80 Å². The van der Waals surface area contributed by atoms with E-state index >= 15 is 0 Å². The van der Waals surface area contributed by atoms with Gasteiger partial charge in [-0.2, -0.15) is 5.26 Å². The Hall–Kier alpha value is -2.13. The maximum atomic E-state index is 13.9. The largest absolute Gasteiger partial charge is 0.358 e. The first-order valence-electron chi connectivity index (χ1n) is 8.04. The number of hydrogen-bond acceptors (Lipinski definition) is 4. The van der Waals surface area contributed by atoms with Crippen LogP contribution in [0.25, 0.3) is 0 Å². The van der Waals surface area contributed by atoms with Gasteiger partial charge in [0.05, 0.1) is 5.69 Å². The Morgan fingerprint density at radius 3 is 2.70 bits per heavy atom. The van der Waals surface area contributed by atoms with Crippen LogP contribution < -0.4 is 4.90 Å². The highest BCUT2D eigenvalue weighted by Gasteiger charge is 2.35. The molecule has 2 saturated heterocycles. The zero-order valence-corrected chi connectivity index (χ0v) is 13.3. The van der Waals surface area contributed by atoms with Crippen LogP contribution in [-0.2, 0) is 4.79 Å². The van der Waals surface area contributed by atoms with Crippen molar-refractivity contribution in [2.24, 2.45) is 0 Å². The molecular weight excluding hydrogens is 295 g/mol. The van der Waals surface area contributed by atoms with Gasteiger partial charge in [-0.15, -0.1) is 0 Å². The van der Waals surface area contributed by atoms with Gasteiger partial charge in [0.25, 0.3) is 0 Å². The van der Waals surface area contributed by atoms with Crippen molar-refractivity contribution < 1.29 is 9.18 Å². The number of rotatable bonds is 2. The van der Waals surface area contributed by atoms with Gasteiger partial charge in [0.2, 0.25) is 5.91 Å². The molecule has 2 fully saturated rings.